The lowest BCUT2D eigenvalue weighted by atomic mass is 9.92. The minimum atomic E-state index is 0.0462. The van der Waals surface area contributed by atoms with Crippen molar-refractivity contribution in [3.05, 3.63) is 65.1 Å². The van der Waals surface area contributed by atoms with E-state index in [0.29, 0.717) is 11.8 Å². The molecule has 124 valence electrons. The molecule has 1 aromatic carbocycles. The van der Waals surface area contributed by atoms with E-state index < -0.39 is 0 Å². The monoisotopic (exact) mass is 319 g/mol. The quantitative estimate of drug-likeness (QED) is 0.673. The third-order valence-corrected chi connectivity index (χ3v) is 5.39. The van der Waals surface area contributed by atoms with Gasteiger partial charge < -0.3 is 0 Å². The standard InChI is InChI=1S/C21H25N3/c1-14(2)16-7-9-17(10-8-16)21(11-12-21)20-23-22-19-18(15(3)4)6-5-13-24(19)20/h5-10,13-15H,11-12H2,1-4H3. The van der Waals surface area contributed by atoms with Gasteiger partial charge in [0, 0.05) is 6.20 Å². The predicted octanol–water partition coefficient (Wildman–Crippen LogP) is 5.06. The Kier molecular flexibility index (Phi) is 3.48. The molecule has 2 heterocycles. The average Bonchev–Trinajstić information content (AvgIpc) is 3.27. The van der Waals surface area contributed by atoms with Gasteiger partial charge in [-0.3, -0.25) is 4.40 Å². The second-order valence-electron chi connectivity index (χ2n) is 7.69. The molecule has 1 fully saturated rings. The molecule has 24 heavy (non-hydrogen) atoms. The van der Waals surface area contributed by atoms with Gasteiger partial charge in [-0.25, -0.2) is 0 Å². The zero-order chi connectivity index (χ0) is 16.9. The molecular formula is C21H25N3. The number of aromatic nitrogens is 3. The van der Waals surface area contributed by atoms with Gasteiger partial charge in [-0.15, -0.1) is 10.2 Å². The van der Waals surface area contributed by atoms with Gasteiger partial charge in [0.25, 0.3) is 0 Å². The first-order valence-electron chi connectivity index (χ1n) is 8.97. The fourth-order valence-corrected chi connectivity index (χ4v) is 3.67. The van der Waals surface area contributed by atoms with Crippen molar-refractivity contribution in [2.24, 2.45) is 0 Å². The van der Waals surface area contributed by atoms with E-state index in [1.54, 1.807) is 0 Å². The van der Waals surface area contributed by atoms with Crippen molar-refractivity contribution in [3.8, 4) is 0 Å². The minimum absolute atomic E-state index is 0.0462. The topological polar surface area (TPSA) is 30.2 Å². The molecule has 3 nitrogen and oxygen atoms in total. The Morgan fingerprint density at radius 3 is 2.21 bits per heavy atom. The molecule has 2 aromatic heterocycles. The van der Waals surface area contributed by atoms with E-state index in [1.807, 2.05) is 0 Å². The van der Waals surface area contributed by atoms with Gasteiger partial charge >= 0.3 is 0 Å². The highest BCUT2D eigenvalue weighted by atomic mass is 15.3. The van der Waals surface area contributed by atoms with Gasteiger partial charge in [-0.2, -0.15) is 0 Å². The Morgan fingerprint density at radius 2 is 1.62 bits per heavy atom. The maximum absolute atomic E-state index is 4.62. The van der Waals surface area contributed by atoms with E-state index in [2.05, 4.69) is 84.9 Å². The largest absolute Gasteiger partial charge is 0.285 e. The summed E-state index contributed by atoms with van der Waals surface area (Å²) in [6, 6.07) is 13.4. The second-order valence-corrected chi connectivity index (χ2v) is 7.69. The van der Waals surface area contributed by atoms with E-state index in [4.69, 9.17) is 0 Å². The summed E-state index contributed by atoms with van der Waals surface area (Å²) in [5.74, 6) is 2.11. The van der Waals surface area contributed by atoms with Crippen LogP contribution < -0.4 is 0 Å². The van der Waals surface area contributed by atoms with Crippen molar-refractivity contribution in [3.63, 3.8) is 0 Å². The summed E-state index contributed by atoms with van der Waals surface area (Å²) < 4.78 is 2.21. The molecule has 1 aliphatic rings. The first kappa shape index (κ1) is 15.4. The molecule has 1 aliphatic carbocycles. The first-order chi connectivity index (χ1) is 11.5. The van der Waals surface area contributed by atoms with E-state index in [0.717, 1.165) is 24.3 Å². The Bertz CT molecular complexity index is 868. The van der Waals surface area contributed by atoms with E-state index in [1.165, 1.54) is 16.7 Å². The Hall–Kier alpha value is -2.16. The summed E-state index contributed by atoms with van der Waals surface area (Å²) in [7, 11) is 0. The molecule has 0 unspecified atom stereocenters. The van der Waals surface area contributed by atoms with Crippen molar-refractivity contribution in [1.82, 2.24) is 14.6 Å². The van der Waals surface area contributed by atoms with Crippen LogP contribution in [0.2, 0.25) is 0 Å². The zero-order valence-corrected chi connectivity index (χ0v) is 15.0. The van der Waals surface area contributed by atoms with E-state index in [-0.39, 0.29) is 5.41 Å². The average molecular weight is 319 g/mol. The van der Waals surface area contributed by atoms with Crippen molar-refractivity contribution >= 4 is 5.65 Å². The lowest BCUT2D eigenvalue weighted by Gasteiger charge is -2.16. The summed E-state index contributed by atoms with van der Waals surface area (Å²) >= 11 is 0. The number of hydrogen-bond donors (Lipinski definition) is 0. The number of hydrogen-bond acceptors (Lipinski definition) is 2. The van der Waals surface area contributed by atoms with Crippen molar-refractivity contribution in [2.45, 2.75) is 57.8 Å². The first-order valence-corrected chi connectivity index (χ1v) is 8.97. The number of rotatable bonds is 4. The van der Waals surface area contributed by atoms with Crippen LogP contribution in [0.4, 0.5) is 0 Å². The van der Waals surface area contributed by atoms with Gasteiger partial charge in [-0.05, 0) is 47.4 Å². The van der Waals surface area contributed by atoms with Gasteiger partial charge in [0.05, 0.1) is 5.41 Å². The molecule has 0 N–H and O–H groups in total. The van der Waals surface area contributed by atoms with Crippen LogP contribution in [-0.4, -0.2) is 14.6 Å². The molecule has 0 bridgehead atoms. The highest BCUT2D eigenvalue weighted by molar-refractivity contribution is 5.52. The molecule has 3 heteroatoms. The number of benzene rings is 1. The van der Waals surface area contributed by atoms with Crippen LogP contribution in [0.3, 0.4) is 0 Å². The maximum atomic E-state index is 4.62. The summed E-state index contributed by atoms with van der Waals surface area (Å²) in [4.78, 5) is 0. The van der Waals surface area contributed by atoms with Crippen LogP contribution in [-0.2, 0) is 5.41 Å². The van der Waals surface area contributed by atoms with Crippen molar-refractivity contribution in [2.75, 3.05) is 0 Å². The summed E-state index contributed by atoms with van der Waals surface area (Å²) in [5.41, 5.74) is 5.08. The van der Waals surface area contributed by atoms with Crippen molar-refractivity contribution < 1.29 is 0 Å². The predicted molar refractivity (Wildman–Crippen MR) is 97.6 cm³/mol. The number of pyridine rings is 1. The van der Waals surface area contributed by atoms with Crippen LogP contribution in [0, 0.1) is 0 Å². The number of fused-ring (bicyclic) bond motifs is 1. The molecule has 1 saturated carbocycles. The molecule has 0 atom stereocenters. The Morgan fingerprint density at radius 1 is 0.917 bits per heavy atom. The molecule has 0 saturated heterocycles. The van der Waals surface area contributed by atoms with Crippen LogP contribution in [0.25, 0.3) is 5.65 Å². The van der Waals surface area contributed by atoms with E-state index >= 15 is 0 Å². The molecule has 0 radical (unpaired) electrons. The SMILES string of the molecule is CC(C)c1ccc(C2(c3nnc4c(C(C)C)cccn34)CC2)cc1. The van der Waals surface area contributed by atoms with Crippen LogP contribution in [0.1, 0.15) is 74.9 Å². The third kappa shape index (κ3) is 2.26. The molecule has 0 spiro atoms. The summed E-state index contributed by atoms with van der Waals surface area (Å²) in [5, 5.41) is 9.15. The fourth-order valence-electron chi connectivity index (χ4n) is 3.67. The number of nitrogens with zero attached hydrogens (tertiary/aromatic N) is 3. The summed E-state index contributed by atoms with van der Waals surface area (Å²) in [6.45, 7) is 8.89. The van der Waals surface area contributed by atoms with Gasteiger partial charge in [0.2, 0.25) is 0 Å². The smallest absolute Gasteiger partial charge is 0.164 e. The van der Waals surface area contributed by atoms with E-state index in [9.17, 15) is 0 Å². The maximum Gasteiger partial charge on any atom is 0.164 e. The van der Waals surface area contributed by atoms with Gasteiger partial charge in [0.15, 0.2) is 5.65 Å². The fraction of sp³-hybridized carbons (Fsp3) is 0.429. The minimum Gasteiger partial charge on any atom is -0.285 e. The van der Waals surface area contributed by atoms with Crippen LogP contribution >= 0.6 is 0 Å². The molecule has 0 amide bonds. The van der Waals surface area contributed by atoms with Gasteiger partial charge in [-0.1, -0.05) is 58.0 Å². The lowest BCUT2D eigenvalue weighted by molar-refractivity contribution is 0.737. The van der Waals surface area contributed by atoms with Crippen molar-refractivity contribution in [1.29, 1.82) is 0 Å². The highest BCUT2D eigenvalue weighted by Crippen LogP contribution is 2.53. The second kappa shape index (κ2) is 5.44. The van der Waals surface area contributed by atoms with Crippen LogP contribution in [0.5, 0.6) is 0 Å². The van der Waals surface area contributed by atoms with Crippen LogP contribution in [0.15, 0.2) is 42.6 Å². The molecule has 4 rings (SSSR count). The molecule has 0 aliphatic heterocycles. The Labute approximate surface area is 143 Å². The summed E-state index contributed by atoms with van der Waals surface area (Å²) in [6.07, 6.45) is 4.42. The molecular weight excluding hydrogens is 294 g/mol. The Balaban J connectivity index is 1.81. The normalized spacial score (nSPS) is 16.2. The van der Waals surface area contributed by atoms with Gasteiger partial charge in [0.1, 0.15) is 5.82 Å². The zero-order valence-electron chi connectivity index (χ0n) is 15.0. The lowest BCUT2D eigenvalue weighted by Crippen LogP contribution is -2.13. The molecule has 3 aromatic rings. The highest BCUT2D eigenvalue weighted by Gasteiger charge is 2.49. The third-order valence-electron chi connectivity index (χ3n) is 5.39.